The zero-order valence-electron chi connectivity index (χ0n) is 20.5. The highest BCUT2D eigenvalue weighted by molar-refractivity contribution is 6.01. The second kappa shape index (κ2) is 12.2. The average Bonchev–Trinajstić information content (AvgIpc) is 2.81. The Kier molecular flexibility index (Phi) is 9.08. The van der Waals surface area contributed by atoms with Crippen molar-refractivity contribution in [1.82, 2.24) is 10.2 Å². The zero-order chi connectivity index (χ0) is 25.4. The van der Waals surface area contributed by atoms with Gasteiger partial charge in [-0.3, -0.25) is 14.5 Å². The molecule has 0 radical (unpaired) electrons. The minimum atomic E-state index is -0.812. The summed E-state index contributed by atoms with van der Waals surface area (Å²) >= 11 is 0. The number of likely N-dealkylation sites (tertiary alicyclic amines) is 1. The number of nitrogens with zero attached hydrogens (tertiary/aromatic N) is 1. The lowest BCUT2D eigenvalue weighted by atomic mass is 9.87. The molecule has 9 nitrogen and oxygen atoms in total. The largest absolute Gasteiger partial charge is 0.495 e. The number of amides is 3. The van der Waals surface area contributed by atoms with Crippen LogP contribution in [0.1, 0.15) is 43.4 Å². The van der Waals surface area contributed by atoms with E-state index in [1.807, 2.05) is 48.2 Å². The monoisotopic (exact) mass is 482 g/mol. The molecule has 0 saturated carbocycles. The molecule has 3 rings (SSSR count). The number of aliphatic carboxylic acids is 1. The van der Waals surface area contributed by atoms with E-state index in [0.29, 0.717) is 17.4 Å². The first kappa shape index (κ1) is 26.0. The van der Waals surface area contributed by atoms with Gasteiger partial charge in [0.05, 0.1) is 25.4 Å². The Morgan fingerprint density at radius 2 is 1.77 bits per heavy atom. The average molecular weight is 483 g/mol. The van der Waals surface area contributed by atoms with E-state index < -0.39 is 5.97 Å². The van der Waals surface area contributed by atoms with E-state index >= 15 is 0 Å². The molecule has 35 heavy (non-hydrogen) atoms. The molecule has 0 aromatic heterocycles. The lowest BCUT2D eigenvalue weighted by Gasteiger charge is -2.33. The normalized spacial score (nSPS) is 15.2. The second-order valence-corrected chi connectivity index (χ2v) is 8.96. The predicted octanol–water partition coefficient (Wildman–Crippen LogP) is 4.01. The van der Waals surface area contributed by atoms with E-state index in [0.717, 1.165) is 49.2 Å². The summed E-state index contributed by atoms with van der Waals surface area (Å²) in [6.07, 6.45) is 2.49. The van der Waals surface area contributed by atoms with Gasteiger partial charge in [0, 0.05) is 12.6 Å². The molecule has 0 spiro atoms. The van der Waals surface area contributed by atoms with Crippen molar-refractivity contribution in [2.75, 3.05) is 37.4 Å². The number of carbonyl (C=O) groups is 3. The molecule has 2 aromatic carbocycles. The van der Waals surface area contributed by atoms with Crippen LogP contribution in [0.15, 0.2) is 42.5 Å². The highest BCUT2D eigenvalue weighted by atomic mass is 16.5. The fourth-order valence-electron chi connectivity index (χ4n) is 4.45. The van der Waals surface area contributed by atoms with E-state index in [4.69, 9.17) is 9.84 Å². The van der Waals surface area contributed by atoms with E-state index in [-0.39, 0.29) is 24.5 Å². The summed E-state index contributed by atoms with van der Waals surface area (Å²) in [5.74, 6) is -0.0836. The van der Waals surface area contributed by atoms with Crippen molar-refractivity contribution in [2.45, 2.75) is 39.2 Å². The van der Waals surface area contributed by atoms with Crippen LogP contribution in [-0.2, 0) is 9.59 Å². The van der Waals surface area contributed by atoms with Gasteiger partial charge in [-0.1, -0.05) is 24.3 Å². The number of aryl methyl sites for hydroxylation is 1. The highest BCUT2D eigenvalue weighted by Gasteiger charge is 2.25. The van der Waals surface area contributed by atoms with Gasteiger partial charge in [-0.15, -0.1) is 0 Å². The summed E-state index contributed by atoms with van der Waals surface area (Å²) in [6, 6.07) is 12.4. The minimum Gasteiger partial charge on any atom is -0.495 e. The predicted molar refractivity (Wildman–Crippen MR) is 135 cm³/mol. The van der Waals surface area contributed by atoms with Crippen molar-refractivity contribution in [2.24, 2.45) is 5.92 Å². The molecule has 3 amide bonds. The zero-order valence-corrected chi connectivity index (χ0v) is 20.5. The number of anilines is 2. The molecular formula is C26H34N4O5. The number of ether oxygens (including phenoxy) is 1. The lowest BCUT2D eigenvalue weighted by molar-refractivity contribution is -0.138. The van der Waals surface area contributed by atoms with E-state index in [1.165, 1.54) is 14.0 Å². The number of urea groups is 1. The standard InChI is InChI=1S/C26H34N4O5/c1-17-6-4-5-7-21(17)28-26(34)29-22-9-8-20(15-24(22)35-3)23(27-18(2)31)14-19-10-12-30(13-11-19)16-25(32)33/h4-9,15,19,23H,10-14,16H2,1-3H3,(H,27,31)(H,32,33)(H2,28,29,34). The Morgan fingerprint density at radius 1 is 1.09 bits per heavy atom. The third kappa shape index (κ3) is 7.71. The van der Waals surface area contributed by atoms with Crippen LogP contribution in [0.4, 0.5) is 16.2 Å². The summed E-state index contributed by atoms with van der Waals surface area (Å²) in [7, 11) is 1.54. The van der Waals surface area contributed by atoms with Gasteiger partial charge in [0.25, 0.3) is 0 Å². The summed E-state index contributed by atoms with van der Waals surface area (Å²) in [6.45, 7) is 4.93. The molecule has 0 bridgehead atoms. The Labute approximate surface area is 205 Å². The van der Waals surface area contributed by atoms with E-state index in [9.17, 15) is 14.4 Å². The first-order valence-electron chi connectivity index (χ1n) is 11.8. The fourth-order valence-corrected chi connectivity index (χ4v) is 4.45. The number of carboxylic acid groups (broad SMARTS) is 1. The van der Waals surface area contributed by atoms with Gasteiger partial charge in [0.1, 0.15) is 5.75 Å². The number of rotatable bonds is 9. The molecular weight excluding hydrogens is 448 g/mol. The molecule has 0 aliphatic carbocycles. The van der Waals surface area contributed by atoms with Gasteiger partial charge in [0.15, 0.2) is 0 Å². The van der Waals surface area contributed by atoms with E-state index in [1.54, 1.807) is 6.07 Å². The maximum atomic E-state index is 12.5. The summed E-state index contributed by atoms with van der Waals surface area (Å²) in [5, 5.41) is 17.7. The van der Waals surface area contributed by atoms with Crippen molar-refractivity contribution in [3.63, 3.8) is 0 Å². The molecule has 1 fully saturated rings. The third-order valence-electron chi connectivity index (χ3n) is 6.28. The van der Waals surface area contributed by atoms with Gasteiger partial charge in [-0.05, 0) is 74.5 Å². The fraction of sp³-hybridized carbons (Fsp3) is 0.423. The number of hydrogen-bond donors (Lipinski definition) is 4. The van der Waals surface area contributed by atoms with Crippen LogP contribution in [0.2, 0.25) is 0 Å². The van der Waals surface area contributed by atoms with Crippen LogP contribution < -0.4 is 20.7 Å². The number of methoxy groups -OCH3 is 1. The number of para-hydroxylation sites is 1. The summed E-state index contributed by atoms with van der Waals surface area (Å²) in [5.41, 5.74) is 3.08. The minimum absolute atomic E-state index is 0.0604. The van der Waals surface area contributed by atoms with Gasteiger partial charge >= 0.3 is 12.0 Å². The van der Waals surface area contributed by atoms with Crippen molar-refractivity contribution in [1.29, 1.82) is 0 Å². The topological polar surface area (TPSA) is 120 Å². The number of benzene rings is 2. The number of carbonyl (C=O) groups excluding carboxylic acids is 2. The van der Waals surface area contributed by atoms with Gasteiger partial charge in [-0.25, -0.2) is 4.79 Å². The van der Waals surface area contributed by atoms with Crippen LogP contribution in [0, 0.1) is 12.8 Å². The smallest absolute Gasteiger partial charge is 0.323 e. The third-order valence-corrected chi connectivity index (χ3v) is 6.28. The van der Waals surface area contributed by atoms with Crippen molar-refractivity contribution in [3.05, 3.63) is 53.6 Å². The Balaban J connectivity index is 1.69. The number of piperidine rings is 1. The lowest BCUT2D eigenvalue weighted by Crippen LogP contribution is -2.38. The Morgan fingerprint density at radius 3 is 2.40 bits per heavy atom. The quantitative estimate of drug-likeness (QED) is 0.429. The van der Waals surface area contributed by atoms with Crippen LogP contribution >= 0.6 is 0 Å². The molecule has 1 aliphatic rings. The molecule has 9 heteroatoms. The summed E-state index contributed by atoms with van der Waals surface area (Å²) < 4.78 is 5.54. The van der Waals surface area contributed by atoms with Gasteiger partial charge < -0.3 is 25.8 Å². The molecule has 1 unspecified atom stereocenters. The number of carboxylic acids is 1. The number of nitrogens with one attached hydrogen (secondary N) is 3. The maximum absolute atomic E-state index is 12.5. The molecule has 1 saturated heterocycles. The maximum Gasteiger partial charge on any atom is 0.323 e. The highest BCUT2D eigenvalue weighted by Crippen LogP contribution is 2.33. The molecule has 1 heterocycles. The molecule has 4 N–H and O–H groups in total. The molecule has 2 aromatic rings. The molecule has 188 valence electrons. The number of hydrogen-bond acceptors (Lipinski definition) is 5. The van der Waals surface area contributed by atoms with Crippen molar-refractivity contribution < 1.29 is 24.2 Å². The van der Waals surface area contributed by atoms with Crippen molar-refractivity contribution in [3.8, 4) is 5.75 Å². The SMILES string of the molecule is COc1cc(C(CC2CCN(CC(=O)O)CC2)NC(C)=O)ccc1NC(=O)Nc1ccccc1C. The van der Waals surface area contributed by atoms with Crippen molar-refractivity contribution >= 4 is 29.3 Å². The first-order chi connectivity index (χ1) is 16.7. The molecule has 1 atom stereocenters. The van der Waals surface area contributed by atoms with Crippen LogP contribution in [0.3, 0.4) is 0 Å². The summed E-state index contributed by atoms with van der Waals surface area (Å²) in [4.78, 5) is 37.4. The molecule has 1 aliphatic heterocycles. The van der Waals surface area contributed by atoms with Crippen LogP contribution in [0.5, 0.6) is 5.75 Å². The van der Waals surface area contributed by atoms with Gasteiger partial charge in [-0.2, -0.15) is 0 Å². The van der Waals surface area contributed by atoms with Crippen LogP contribution in [-0.4, -0.2) is 54.7 Å². The van der Waals surface area contributed by atoms with Gasteiger partial charge in [0.2, 0.25) is 5.91 Å². The first-order valence-corrected chi connectivity index (χ1v) is 11.8. The second-order valence-electron chi connectivity index (χ2n) is 8.96. The van der Waals surface area contributed by atoms with E-state index in [2.05, 4.69) is 16.0 Å². The van der Waals surface area contributed by atoms with Crippen LogP contribution in [0.25, 0.3) is 0 Å². The Hall–Kier alpha value is -3.59. The Bertz CT molecular complexity index is 1050.